The maximum atomic E-state index is 13.4. The van der Waals surface area contributed by atoms with Crippen molar-refractivity contribution in [2.45, 2.75) is 31.6 Å². The molecule has 0 spiro atoms. The second kappa shape index (κ2) is 11.8. The summed E-state index contributed by atoms with van der Waals surface area (Å²) < 4.78 is 18.7. The van der Waals surface area contributed by atoms with Gasteiger partial charge in [0.2, 0.25) is 5.91 Å². The quantitative estimate of drug-likeness (QED) is 0.497. The van der Waals surface area contributed by atoms with Crippen molar-refractivity contribution in [1.29, 1.82) is 0 Å². The van der Waals surface area contributed by atoms with Gasteiger partial charge in [-0.15, -0.1) is 0 Å². The summed E-state index contributed by atoms with van der Waals surface area (Å²) in [5.41, 5.74) is 3.75. The first kappa shape index (κ1) is 26.0. The number of carboxylic acid groups (broad SMARTS) is 2. The molecule has 3 aromatic rings. The Morgan fingerprint density at radius 3 is 2.43 bits per heavy atom. The highest BCUT2D eigenvalue weighted by Gasteiger charge is 2.28. The molecule has 0 atom stereocenters. The average molecular weight is 510 g/mol. The van der Waals surface area contributed by atoms with E-state index in [1.54, 1.807) is 6.07 Å². The molecule has 1 fully saturated rings. The van der Waals surface area contributed by atoms with Crippen LogP contribution in [0.4, 0.5) is 10.1 Å². The number of carbonyl (C=O) groups is 3. The SMILES string of the molecule is O=C(CN1CCC(c2noc3cc(F)ccc23)CC1)N1CCCc2ccccc21.O=C(O)C=CC(=O)O. The van der Waals surface area contributed by atoms with Crippen molar-refractivity contribution in [3.63, 3.8) is 0 Å². The van der Waals surface area contributed by atoms with Gasteiger partial charge in [-0.25, -0.2) is 14.0 Å². The topological polar surface area (TPSA) is 124 Å². The summed E-state index contributed by atoms with van der Waals surface area (Å²) in [5, 5.41) is 20.7. The summed E-state index contributed by atoms with van der Waals surface area (Å²) in [6, 6.07) is 12.8. The number of fused-ring (bicyclic) bond motifs is 2. The Labute approximate surface area is 212 Å². The fraction of sp³-hybridized carbons (Fsp3) is 0.333. The molecular weight excluding hydrogens is 481 g/mol. The minimum absolute atomic E-state index is 0.179. The first-order valence-corrected chi connectivity index (χ1v) is 12.1. The van der Waals surface area contributed by atoms with E-state index in [0.29, 0.717) is 24.3 Å². The van der Waals surface area contributed by atoms with Crippen molar-refractivity contribution < 1.29 is 33.5 Å². The lowest BCUT2D eigenvalue weighted by atomic mass is 9.91. The first-order chi connectivity index (χ1) is 17.8. The van der Waals surface area contributed by atoms with E-state index in [9.17, 15) is 18.8 Å². The lowest BCUT2D eigenvalue weighted by Gasteiger charge is -2.34. The number of amides is 1. The van der Waals surface area contributed by atoms with Gasteiger partial charge in [-0.05, 0) is 62.5 Å². The monoisotopic (exact) mass is 509 g/mol. The van der Waals surface area contributed by atoms with Crippen molar-refractivity contribution in [3.05, 3.63) is 71.7 Å². The fourth-order valence-electron chi connectivity index (χ4n) is 4.80. The molecule has 1 amide bonds. The number of likely N-dealkylation sites (tertiary alicyclic amines) is 1. The second-order valence-corrected chi connectivity index (χ2v) is 9.05. The molecule has 0 aliphatic carbocycles. The van der Waals surface area contributed by atoms with Crippen LogP contribution >= 0.6 is 0 Å². The van der Waals surface area contributed by atoms with E-state index in [4.69, 9.17) is 14.7 Å². The number of aliphatic carboxylic acids is 2. The Balaban J connectivity index is 0.000000349. The minimum Gasteiger partial charge on any atom is -0.478 e. The summed E-state index contributed by atoms with van der Waals surface area (Å²) in [7, 11) is 0. The van der Waals surface area contributed by atoms with E-state index in [1.165, 1.54) is 17.7 Å². The third-order valence-corrected chi connectivity index (χ3v) is 6.57. The van der Waals surface area contributed by atoms with Gasteiger partial charge in [0.05, 0.1) is 12.2 Å². The van der Waals surface area contributed by atoms with Gasteiger partial charge in [0.1, 0.15) is 5.82 Å². The predicted octanol–water partition coefficient (Wildman–Crippen LogP) is 3.84. The van der Waals surface area contributed by atoms with Crippen LogP contribution in [0, 0.1) is 5.82 Å². The van der Waals surface area contributed by atoms with Crippen molar-refractivity contribution in [2.75, 3.05) is 31.1 Å². The number of carbonyl (C=O) groups excluding carboxylic acids is 1. The summed E-state index contributed by atoms with van der Waals surface area (Å²) in [6.07, 6.45) is 5.02. The van der Waals surface area contributed by atoms with Gasteiger partial charge in [0, 0.05) is 41.8 Å². The minimum atomic E-state index is -1.26. The van der Waals surface area contributed by atoms with E-state index in [2.05, 4.69) is 22.2 Å². The van der Waals surface area contributed by atoms with Crippen LogP contribution in [-0.2, 0) is 20.8 Å². The van der Waals surface area contributed by atoms with Crippen LogP contribution in [-0.4, -0.2) is 64.3 Å². The predicted molar refractivity (Wildman–Crippen MR) is 134 cm³/mol. The number of rotatable bonds is 5. The number of nitrogens with zero attached hydrogens (tertiary/aromatic N) is 3. The molecule has 9 nitrogen and oxygen atoms in total. The molecule has 2 N–H and O–H groups in total. The Morgan fingerprint density at radius 1 is 1.03 bits per heavy atom. The Morgan fingerprint density at radius 2 is 1.73 bits per heavy atom. The number of hydrogen-bond donors (Lipinski definition) is 2. The number of piperidine rings is 1. The molecule has 0 saturated carbocycles. The summed E-state index contributed by atoms with van der Waals surface area (Å²) in [6.45, 7) is 2.95. The summed E-state index contributed by atoms with van der Waals surface area (Å²) in [4.78, 5) is 36.3. The number of hydrogen-bond acceptors (Lipinski definition) is 6. The highest BCUT2D eigenvalue weighted by molar-refractivity contribution is 5.96. The van der Waals surface area contributed by atoms with E-state index in [1.807, 2.05) is 17.0 Å². The van der Waals surface area contributed by atoms with Crippen LogP contribution in [0.15, 0.2) is 59.1 Å². The van der Waals surface area contributed by atoms with Gasteiger partial charge >= 0.3 is 11.9 Å². The van der Waals surface area contributed by atoms with Crippen molar-refractivity contribution in [2.24, 2.45) is 0 Å². The zero-order valence-corrected chi connectivity index (χ0v) is 20.2. The van der Waals surface area contributed by atoms with Crippen LogP contribution in [0.2, 0.25) is 0 Å². The number of aryl methyl sites for hydroxylation is 1. The highest BCUT2D eigenvalue weighted by Crippen LogP contribution is 2.33. The van der Waals surface area contributed by atoms with Gasteiger partial charge < -0.3 is 19.6 Å². The van der Waals surface area contributed by atoms with Gasteiger partial charge in [-0.2, -0.15) is 0 Å². The molecule has 5 rings (SSSR count). The first-order valence-electron chi connectivity index (χ1n) is 12.1. The van der Waals surface area contributed by atoms with E-state index < -0.39 is 11.9 Å². The van der Waals surface area contributed by atoms with Gasteiger partial charge in [-0.1, -0.05) is 23.4 Å². The standard InChI is InChI=1S/C23H24FN3O2.C4H4O4/c24-18-7-8-19-21(14-18)29-25-23(19)17-9-12-26(13-10-17)15-22(28)27-11-3-5-16-4-1-2-6-20(16)27;5-3(6)1-2-4(7)8/h1-2,4,6-8,14,17H,3,5,9-13,15H2;1-2H,(H,5,6)(H,7,8). The smallest absolute Gasteiger partial charge is 0.328 e. The molecule has 3 heterocycles. The Kier molecular flexibility index (Phi) is 8.29. The maximum absolute atomic E-state index is 13.4. The molecule has 10 heteroatoms. The van der Waals surface area contributed by atoms with Crippen LogP contribution in [0.1, 0.15) is 36.4 Å². The number of halogens is 1. The summed E-state index contributed by atoms with van der Waals surface area (Å²) in [5.74, 6) is -2.37. The van der Waals surface area contributed by atoms with Crippen molar-refractivity contribution >= 4 is 34.5 Å². The van der Waals surface area contributed by atoms with Crippen LogP contribution in [0.3, 0.4) is 0 Å². The number of para-hydroxylation sites is 1. The van der Waals surface area contributed by atoms with E-state index >= 15 is 0 Å². The lowest BCUT2D eigenvalue weighted by Crippen LogP contribution is -2.45. The lowest BCUT2D eigenvalue weighted by molar-refractivity contribution is -0.134. The number of aromatic nitrogens is 1. The molecule has 1 saturated heterocycles. The molecule has 194 valence electrons. The average Bonchev–Trinajstić information content (AvgIpc) is 3.31. The number of benzene rings is 2. The molecule has 2 aliphatic rings. The summed E-state index contributed by atoms with van der Waals surface area (Å²) >= 11 is 0. The van der Waals surface area contributed by atoms with Crippen LogP contribution in [0.5, 0.6) is 0 Å². The largest absolute Gasteiger partial charge is 0.478 e. The molecular formula is C27H28FN3O6. The third kappa shape index (κ3) is 6.59. The van der Waals surface area contributed by atoms with Crippen molar-refractivity contribution in [1.82, 2.24) is 10.1 Å². The highest BCUT2D eigenvalue weighted by atomic mass is 19.1. The second-order valence-electron chi connectivity index (χ2n) is 9.05. The molecule has 1 aromatic heterocycles. The van der Waals surface area contributed by atoms with Gasteiger partial charge in [0.25, 0.3) is 0 Å². The van der Waals surface area contributed by atoms with E-state index in [-0.39, 0.29) is 17.6 Å². The number of carboxylic acids is 2. The molecule has 0 bridgehead atoms. The number of anilines is 1. The molecule has 2 aromatic carbocycles. The normalized spacial score (nSPS) is 16.3. The fourth-order valence-corrected chi connectivity index (χ4v) is 4.80. The van der Waals surface area contributed by atoms with E-state index in [0.717, 1.165) is 62.1 Å². The zero-order valence-electron chi connectivity index (χ0n) is 20.2. The molecule has 2 aliphatic heterocycles. The van der Waals surface area contributed by atoms with Crippen LogP contribution < -0.4 is 4.90 Å². The Bertz CT molecular complexity index is 1300. The van der Waals surface area contributed by atoms with Gasteiger partial charge in [0.15, 0.2) is 5.58 Å². The van der Waals surface area contributed by atoms with Gasteiger partial charge in [-0.3, -0.25) is 9.69 Å². The van der Waals surface area contributed by atoms with Crippen LogP contribution in [0.25, 0.3) is 11.0 Å². The maximum Gasteiger partial charge on any atom is 0.328 e. The third-order valence-electron chi connectivity index (χ3n) is 6.57. The van der Waals surface area contributed by atoms with Crippen molar-refractivity contribution in [3.8, 4) is 0 Å². The zero-order chi connectivity index (χ0) is 26.4. The molecule has 0 radical (unpaired) electrons. The molecule has 37 heavy (non-hydrogen) atoms. The molecule has 0 unspecified atom stereocenters. The Hall–Kier alpha value is -4.05.